The van der Waals surface area contributed by atoms with Crippen molar-refractivity contribution in [2.45, 2.75) is 0 Å². The van der Waals surface area contributed by atoms with E-state index in [-0.39, 0.29) is 17.1 Å². The van der Waals surface area contributed by atoms with Crippen LogP contribution in [-0.4, -0.2) is 20.8 Å². The van der Waals surface area contributed by atoms with Gasteiger partial charge in [-0.15, -0.1) is 0 Å². The Kier molecular flexibility index (Phi) is 5.57. The van der Waals surface area contributed by atoms with Crippen molar-refractivity contribution in [1.82, 2.24) is 14.8 Å². The van der Waals surface area contributed by atoms with Gasteiger partial charge in [-0.1, -0.05) is 6.07 Å². The molecule has 0 aliphatic heterocycles. The molecule has 0 aliphatic carbocycles. The number of halogens is 2. The van der Waals surface area contributed by atoms with E-state index in [2.05, 4.69) is 20.7 Å². The van der Waals surface area contributed by atoms with E-state index in [1.165, 1.54) is 30.3 Å². The molecule has 0 saturated carbocycles. The number of carbonyl (C=O) groups is 1. The summed E-state index contributed by atoms with van der Waals surface area (Å²) >= 11 is 0. The Labute approximate surface area is 176 Å². The smallest absolute Gasteiger partial charge is 0.323 e. The molecule has 156 valence electrons. The molecule has 2 heterocycles. The first-order chi connectivity index (χ1) is 15.0. The summed E-state index contributed by atoms with van der Waals surface area (Å²) in [6.45, 7) is 0. The number of urea groups is 1. The quantitative estimate of drug-likeness (QED) is 0.464. The van der Waals surface area contributed by atoms with Crippen molar-refractivity contribution in [3.05, 3.63) is 84.8 Å². The van der Waals surface area contributed by atoms with Crippen molar-refractivity contribution in [2.75, 3.05) is 10.6 Å². The average Bonchev–Trinajstić information content (AvgIpc) is 3.17. The summed E-state index contributed by atoms with van der Waals surface area (Å²) in [5, 5.41) is 8.92. The van der Waals surface area contributed by atoms with Gasteiger partial charge in [0.1, 0.15) is 23.1 Å². The van der Waals surface area contributed by atoms with Crippen LogP contribution in [0.3, 0.4) is 0 Å². The van der Waals surface area contributed by atoms with Crippen molar-refractivity contribution >= 4 is 17.4 Å². The molecule has 2 amide bonds. The standard InChI is InChI=1S/C22H17F2N5O2/c1-29-13-14(12-26-29)21-11-18(7-8-25-21)31-17-5-6-20(19(24)10-17)28-22(30)27-16-4-2-3-15(23)9-16/h2-13H,1H3,(H2,27,28,30). The predicted octanol–water partition coefficient (Wildman–Crippen LogP) is 5.20. The Balaban J connectivity index is 1.43. The largest absolute Gasteiger partial charge is 0.457 e. The second-order valence-electron chi connectivity index (χ2n) is 6.61. The number of anilines is 2. The van der Waals surface area contributed by atoms with Crippen LogP contribution in [0.1, 0.15) is 0 Å². The molecular formula is C22H17F2N5O2. The van der Waals surface area contributed by atoms with Gasteiger partial charge in [0.25, 0.3) is 0 Å². The molecule has 2 aromatic carbocycles. The normalized spacial score (nSPS) is 10.5. The van der Waals surface area contributed by atoms with Gasteiger partial charge in [-0.3, -0.25) is 9.67 Å². The van der Waals surface area contributed by atoms with Crippen LogP contribution < -0.4 is 15.4 Å². The second kappa shape index (κ2) is 8.62. The molecule has 0 atom stereocenters. The van der Waals surface area contributed by atoms with E-state index in [0.29, 0.717) is 11.4 Å². The van der Waals surface area contributed by atoms with E-state index < -0.39 is 17.7 Å². The first kappa shape index (κ1) is 20.0. The summed E-state index contributed by atoms with van der Waals surface area (Å²) in [5.74, 6) is -0.462. The third-order valence-electron chi connectivity index (χ3n) is 4.24. The van der Waals surface area contributed by atoms with Crippen LogP contribution in [0.4, 0.5) is 25.0 Å². The number of amides is 2. The summed E-state index contributed by atoms with van der Waals surface area (Å²) in [5.41, 5.74) is 1.69. The molecule has 0 spiro atoms. The summed E-state index contributed by atoms with van der Waals surface area (Å²) in [6.07, 6.45) is 5.09. The van der Waals surface area contributed by atoms with Gasteiger partial charge in [-0.2, -0.15) is 5.10 Å². The van der Waals surface area contributed by atoms with Crippen molar-refractivity contribution in [1.29, 1.82) is 0 Å². The minimum atomic E-state index is -0.701. The second-order valence-corrected chi connectivity index (χ2v) is 6.61. The summed E-state index contributed by atoms with van der Waals surface area (Å²) in [7, 11) is 1.81. The van der Waals surface area contributed by atoms with Crippen LogP contribution in [0.2, 0.25) is 0 Å². The number of nitrogens with zero attached hydrogens (tertiary/aromatic N) is 3. The van der Waals surface area contributed by atoms with Gasteiger partial charge >= 0.3 is 6.03 Å². The van der Waals surface area contributed by atoms with E-state index in [0.717, 1.165) is 17.7 Å². The van der Waals surface area contributed by atoms with E-state index in [1.807, 2.05) is 6.20 Å². The highest BCUT2D eigenvalue weighted by Crippen LogP contribution is 2.28. The fourth-order valence-electron chi connectivity index (χ4n) is 2.83. The number of hydrogen-bond donors (Lipinski definition) is 2. The highest BCUT2D eigenvalue weighted by molar-refractivity contribution is 5.99. The van der Waals surface area contributed by atoms with E-state index in [1.54, 1.807) is 36.3 Å². The third kappa shape index (κ3) is 5.02. The minimum absolute atomic E-state index is 0.0490. The van der Waals surface area contributed by atoms with Gasteiger partial charge < -0.3 is 15.4 Å². The van der Waals surface area contributed by atoms with Crippen LogP contribution in [0.5, 0.6) is 11.5 Å². The lowest BCUT2D eigenvalue weighted by Crippen LogP contribution is -2.20. The number of ether oxygens (including phenoxy) is 1. The molecule has 2 N–H and O–H groups in total. The Morgan fingerprint density at radius 2 is 1.87 bits per heavy atom. The average molecular weight is 421 g/mol. The maximum Gasteiger partial charge on any atom is 0.323 e. The van der Waals surface area contributed by atoms with Crippen LogP contribution >= 0.6 is 0 Å². The zero-order valence-electron chi connectivity index (χ0n) is 16.3. The van der Waals surface area contributed by atoms with Crippen molar-refractivity contribution in [3.63, 3.8) is 0 Å². The molecule has 0 radical (unpaired) electrons. The van der Waals surface area contributed by atoms with Crippen molar-refractivity contribution < 1.29 is 18.3 Å². The molecule has 4 aromatic rings. The Hall–Kier alpha value is -4.27. The SMILES string of the molecule is Cn1cc(-c2cc(Oc3ccc(NC(=O)Nc4cccc(F)c4)c(F)c3)ccn2)cn1. The molecule has 0 bridgehead atoms. The summed E-state index contributed by atoms with van der Waals surface area (Å²) in [4.78, 5) is 16.3. The third-order valence-corrected chi connectivity index (χ3v) is 4.24. The Morgan fingerprint density at radius 1 is 1.03 bits per heavy atom. The molecule has 31 heavy (non-hydrogen) atoms. The van der Waals surface area contributed by atoms with Crippen molar-refractivity contribution in [3.8, 4) is 22.8 Å². The number of carbonyl (C=O) groups excluding carboxylic acids is 1. The molecule has 7 nitrogen and oxygen atoms in total. The molecular weight excluding hydrogens is 404 g/mol. The number of benzene rings is 2. The lowest BCUT2D eigenvalue weighted by atomic mass is 10.2. The maximum atomic E-state index is 14.5. The number of aryl methyl sites for hydroxylation is 1. The molecule has 2 aromatic heterocycles. The fourth-order valence-corrected chi connectivity index (χ4v) is 2.83. The lowest BCUT2D eigenvalue weighted by molar-refractivity contribution is 0.262. The zero-order valence-corrected chi connectivity index (χ0v) is 16.3. The predicted molar refractivity (Wildman–Crippen MR) is 112 cm³/mol. The van der Waals surface area contributed by atoms with Crippen LogP contribution in [0.15, 0.2) is 73.2 Å². The van der Waals surface area contributed by atoms with Gasteiger partial charge in [0.15, 0.2) is 0 Å². The molecule has 9 heteroatoms. The Bertz CT molecular complexity index is 1240. The number of pyridine rings is 1. The maximum absolute atomic E-state index is 14.5. The summed E-state index contributed by atoms with van der Waals surface area (Å²) < 4.78 is 35.0. The Morgan fingerprint density at radius 3 is 2.61 bits per heavy atom. The topological polar surface area (TPSA) is 81.1 Å². The van der Waals surface area contributed by atoms with E-state index >= 15 is 0 Å². The molecule has 4 rings (SSSR count). The van der Waals surface area contributed by atoms with Gasteiger partial charge in [0, 0.05) is 42.8 Å². The lowest BCUT2D eigenvalue weighted by Gasteiger charge is -2.11. The number of aromatic nitrogens is 3. The fraction of sp³-hybridized carbons (Fsp3) is 0.0455. The van der Waals surface area contributed by atoms with E-state index in [9.17, 15) is 13.6 Å². The first-order valence-corrected chi connectivity index (χ1v) is 9.22. The monoisotopic (exact) mass is 421 g/mol. The van der Waals surface area contributed by atoms with Gasteiger partial charge in [-0.05, 0) is 36.4 Å². The molecule has 0 aliphatic rings. The summed E-state index contributed by atoms with van der Waals surface area (Å²) in [6, 6.07) is 12.1. The molecule has 0 fully saturated rings. The van der Waals surface area contributed by atoms with Gasteiger partial charge in [0.2, 0.25) is 0 Å². The van der Waals surface area contributed by atoms with Gasteiger partial charge in [0.05, 0.1) is 17.6 Å². The number of hydrogen-bond acceptors (Lipinski definition) is 4. The number of rotatable bonds is 5. The highest BCUT2D eigenvalue weighted by Gasteiger charge is 2.10. The van der Waals surface area contributed by atoms with Crippen molar-refractivity contribution in [2.24, 2.45) is 7.05 Å². The highest BCUT2D eigenvalue weighted by atomic mass is 19.1. The van der Waals surface area contributed by atoms with Crippen LogP contribution in [0, 0.1) is 11.6 Å². The van der Waals surface area contributed by atoms with Crippen LogP contribution in [0.25, 0.3) is 11.3 Å². The van der Waals surface area contributed by atoms with Gasteiger partial charge in [-0.25, -0.2) is 13.6 Å². The van der Waals surface area contributed by atoms with Crippen LogP contribution in [-0.2, 0) is 7.05 Å². The molecule has 0 unspecified atom stereocenters. The number of nitrogens with one attached hydrogen (secondary N) is 2. The van der Waals surface area contributed by atoms with E-state index in [4.69, 9.17) is 4.74 Å². The molecule has 0 saturated heterocycles. The zero-order chi connectivity index (χ0) is 21.8. The first-order valence-electron chi connectivity index (χ1n) is 9.22. The minimum Gasteiger partial charge on any atom is -0.457 e.